The first-order chi connectivity index (χ1) is 5.75. The van der Waals surface area contributed by atoms with Crippen LogP contribution in [0.3, 0.4) is 0 Å². The fraction of sp³-hybridized carbons (Fsp3) is 1.00. The largest absolute Gasteiger partial charge is 0.370 e. The molecule has 2 aliphatic heterocycles. The molecule has 0 N–H and O–H groups in total. The molecule has 0 aliphatic carbocycles. The highest BCUT2D eigenvalue weighted by atomic mass is 16.7. The second-order valence-electron chi connectivity index (χ2n) is 3.64. The van der Waals surface area contributed by atoms with Crippen LogP contribution in [0.25, 0.3) is 0 Å². The second kappa shape index (κ2) is 3.32. The van der Waals surface area contributed by atoms with E-state index in [1.165, 1.54) is 0 Å². The number of hydrogen-bond donors (Lipinski definition) is 0. The Kier molecular flexibility index (Phi) is 2.35. The highest BCUT2D eigenvalue weighted by Crippen LogP contribution is 2.26. The maximum Gasteiger partial charge on any atom is 0.155 e. The highest BCUT2D eigenvalue weighted by molar-refractivity contribution is 4.80. The summed E-state index contributed by atoms with van der Waals surface area (Å²) in [6, 6.07) is 0. The van der Waals surface area contributed by atoms with Crippen LogP contribution in [-0.2, 0) is 14.2 Å². The fourth-order valence-electron chi connectivity index (χ4n) is 1.86. The van der Waals surface area contributed by atoms with Gasteiger partial charge in [-0.15, -0.1) is 0 Å². The molecule has 0 bridgehead atoms. The molecule has 4 atom stereocenters. The van der Waals surface area contributed by atoms with Crippen molar-refractivity contribution in [3.63, 3.8) is 0 Å². The first kappa shape index (κ1) is 8.48. The van der Waals surface area contributed by atoms with E-state index in [1.54, 1.807) is 0 Å². The number of hydrogen-bond acceptors (Lipinski definition) is 3. The van der Waals surface area contributed by atoms with Crippen LogP contribution in [0.5, 0.6) is 0 Å². The highest BCUT2D eigenvalue weighted by Gasteiger charge is 2.35. The van der Waals surface area contributed by atoms with Gasteiger partial charge in [-0.25, -0.2) is 0 Å². The summed E-state index contributed by atoms with van der Waals surface area (Å²) < 4.78 is 16.6. The van der Waals surface area contributed by atoms with E-state index >= 15 is 0 Å². The van der Waals surface area contributed by atoms with Crippen molar-refractivity contribution in [2.24, 2.45) is 0 Å². The molecule has 70 valence electrons. The van der Waals surface area contributed by atoms with Crippen molar-refractivity contribution in [1.82, 2.24) is 0 Å². The molecule has 2 aliphatic rings. The summed E-state index contributed by atoms with van der Waals surface area (Å²) >= 11 is 0. The predicted octanol–water partition coefficient (Wildman–Crippen LogP) is 1.32. The molecule has 0 aromatic rings. The first-order valence-electron chi connectivity index (χ1n) is 4.68. The maximum atomic E-state index is 5.69. The summed E-state index contributed by atoms with van der Waals surface area (Å²) in [4.78, 5) is 0. The lowest BCUT2D eigenvalue weighted by Crippen LogP contribution is -2.48. The van der Waals surface area contributed by atoms with Crippen LogP contribution in [0.15, 0.2) is 0 Å². The Morgan fingerprint density at radius 1 is 1.00 bits per heavy atom. The normalized spacial score (nSPS) is 48.5. The van der Waals surface area contributed by atoms with Crippen LogP contribution >= 0.6 is 0 Å². The van der Waals surface area contributed by atoms with E-state index in [4.69, 9.17) is 14.2 Å². The Labute approximate surface area is 73.0 Å². The zero-order valence-corrected chi connectivity index (χ0v) is 7.66. The average molecular weight is 172 g/mol. The Morgan fingerprint density at radius 2 is 1.83 bits per heavy atom. The van der Waals surface area contributed by atoms with Gasteiger partial charge < -0.3 is 14.2 Å². The van der Waals surface area contributed by atoms with Gasteiger partial charge in [0.2, 0.25) is 0 Å². The predicted molar refractivity (Wildman–Crippen MR) is 43.9 cm³/mol. The summed E-state index contributed by atoms with van der Waals surface area (Å²) in [5, 5.41) is 0. The molecule has 2 fully saturated rings. The Hall–Kier alpha value is -0.120. The zero-order chi connectivity index (χ0) is 8.55. The van der Waals surface area contributed by atoms with Crippen LogP contribution in [0.4, 0.5) is 0 Å². The molecule has 2 rings (SSSR count). The Bertz CT molecular complexity index is 142. The van der Waals surface area contributed by atoms with E-state index in [-0.39, 0.29) is 18.5 Å². The lowest BCUT2D eigenvalue weighted by atomic mass is 10.0. The summed E-state index contributed by atoms with van der Waals surface area (Å²) in [6.07, 6.45) is 2.97. The number of fused-ring (bicyclic) bond motifs is 1. The van der Waals surface area contributed by atoms with Gasteiger partial charge >= 0.3 is 0 Å². The molecular weight excluding hydrogens is 156 g/mol. The molecule has 12 heavy (non-hydrogen) atoms. The van der Waals surface area contributed by atoms with E-state index in [0.29, 0.717) is 12.7 Å². The van der Waals surface area contributed by atoms with Gasteiger partial charge in [-0.1, -0.05) is 0 Å². The van der Waals surface area contributed by atoms with Crippen molar-refractivity contribution in [3.8, 4) is 0 Å². The molecule has 4 unspecified atom stereocenters. The van der Waals surface area contributed by atoms with Crippen molar-refractivity contribution < 1.29 is 14.2 Å². The van der Waals surface area contributed by atoms with Crippen LogP contribution < -0.4 is 0 Å². The van der Waals surface area contributed by atoms with Crippen molar-refractivity contribution >= 4 is 0 Å². The van der Waals surface area contributed by atoms with Crippen LogP contribution in [0, 0.1) is 0 Å². The van der Waals surface area contributed by atoms with E-state index < -0.39 is 0 Å². The molecule has 0 amide bonds. The lowest BCUT2D eigenvalue weighted by molar-refractivity contribution is -0.276. The van der Waals surface area contributed by atoms with Crippen LogP contribution in [0.1, 0.15) is 26.7 Å². The lowest BCUT2D eigenvalue weighted by Gasteiger charge is -2.40. The molecule has 0 aromatic heterocycles. The molecule has 0 saturated carbocycles. The molecule has 0 radical (unpaired) electrons. The van der Waals surface area contributed by atoms with E-state index in [2.05, 4.69) is 6.92 Å². The molecule has 3 heteroatoms. The maximum absolute atomic E-state index is 5.69. The molecule has 0 aromatic carbocycles. The quantitative estimate of drug-likeness (QED) is 0.551. The second-order valence-corrected chi connectivity index (χ2v) is 3.64. The third-order valence-electron chi connectivity index (χ3n) is 2.54. The third-order valence-corrected chi connectivity index (χ3v) is 2.54. The fourth-order valence-corrected chi connectivity index (χ4v) is 1.86. The minimum Gasteiger partial charge on any atom is -0.370 e. The van der Waals surface area contributed by atoms with E-state index in [0.717, 1.165) is 12.8 Å². The van der Waals surface area contributed by atoms with Gasteiger partial charge in [-0.05, 0) is 26.7 Å². The standard InChI is InChI=1S/C9H16O3/c1-6-3-4-8-9(11-6)5-10-7(2)12-8/h6-9H,3-5H2,1-2H3. The van der Waals surface area contributed by atoms with Crippen LogP contribution in [0.2, 0.25) is 0 Å². The average Bonchev–Trinajstić information content (AvgIpc) is 2.05. The summed E-state index contributed by atoms with van der Waals surface area (Å²) in [5.74, 6) is 0. The minimum absolute atomic E-state index is 0.0525. The zero-order valence-electron chi connectivity index (χ0n) is 7.66. The Morgan fingerprint density at radius 3 is 2.67 bits per heavy atom. The van der Waals surface area contributed by atoms with Gasteiger partial charge in [0.1, 0.15) is 6.10 Å². The van der Waals surface area contributed by atoms with Gasteiger partial charge in [-0.2, -0.15) is 0 Å². The van der Waals surface area contributed by atoms with Gasteiger partial charge in [0.05, 0.1) is 18.8 Å². The monoisotopic (exact) mass is 172 g/mol. The molecule has 2 heterocycles. The third kappa shape index (κ3) is 1.63. The first-order valence-corrected chi connectivity index (χ1v) is 4.68. The van der Waals surface area contributed by atoms with E-state index in [1.807, 2.05) is 6.92 Å². The van der Waals surface area contributed by atoms with Gasteiger partial charge in [0.25, 0.3) is 0 Å². The van der Waals surface area contributed by atoms with Crippen LogP contribution in [-0.4, -0.2) is 31.2 Å². The topological polar surface area (TPSA) is 27.7 Å². The van der Waals surface area contributed by atoms with Gasteiger partial charge in [0, 0.05) is 0 Å². The van der Waals surface area contributed by atoms with Crippen molar-refractivity contribution in [2.75, 3.05) is 6.61 Å². The van der Waals surface area contributed by atoms with Crippen molar-refractivity contribution in [1.29, 1.82) is 0 Å². The SMILES string of the molecule is CC1CCC2OC(C)OCC2O1. The van der Waals surface area contributed by atoms with Gasteiger partial charge in [0.15, 0.2) is 6.29 Å². The number of ether oxygens (including phenoxy) is 3. The minimum atomic E-state index is -0.0525. The summed E-state index contributed by atoms with van der Waals surface area (Å²) in [7, 11) is 0. The summed E-state index contributed by atoms with van der Waals surface area (Å²) in [5.41, 5.74) is 0. The number of rotatable bonds is 0. The molecule has 0 spiro atoms. The smallest absolute Gasteiger partial charge is 0.155 e. The Balaban J connectivity index is 1.94. The molecular formula is C9H16O3. The van der Waals surface area contributed by atoms with Gasteiger partial charge in [-0.3, -0.25) is 0 Å². The summed E-state index contributed by atoms with van der Waals surface area (Å²) in [6.45, 7) is 4.73. The van der Waals surface area contributed by atoms with Crippen molar-refractivity contribution in [2.45, 2.75) is 51.3 Å². The van der Waals surface area contributed by atoms with Crippen molar-refractivity contribution in [3.05, 3.63) is 0 Å². The molecule has 2 saturated heterocycles. The van der Waals surface area contributed by atoms with E-state index in [9.17, 15) is 0 Å². The molecule has 3 nitrogen and oxygen atoms in total.